The van der Waals surface area contributed by atoms with Gasteiger partial charge in [0.1, 0.15) is 6.23 Å². The van der Waals surface area contributed by atoms with Gasteiger partial charge in [0.05, 0.1) is 18.3 Å². The molecule has 3 N–H and O–H groups in total. The maximum Gasteiger partial charge on any atom is 0.330 e. The number of nitrogens with two attached hydrogens (primary N) is 1. The minimum atomic E-state index is -3.85. The molecule has 0 bridgehead atoms. The lowest BCUT2D eigenvalue weighted by atomic mass is 10.1. The zero-order valence-corrected chi connectivity index (χ0v) is 13.5. The van der Waals surface area contributed by atoms with Crippen LogP contribution in [0.4, 0.5) is 5.95 Å². The van der Waals surface area contributed by atoms with Crippen LogP contribution in [0.5, 0.6) is 0 Å². The number of nitrogen functional groups attached to an aromatic ring is 1. The molecule has 2 heterocycles. The first-order valence-corrected chi connectivity index (χ1v) is 8.46. The normalized spacial score (nSPS) is 26.5. The summed E-state index contributed by atoms with van der Waals surface area (Å²) in [6, 6.07) is -0.667. The van der Waals surface area contributed by atoms with Gasteiger partial charge in [0.15, 0.2) is 0 Å². The Labute approximate surface area is 131 Å². The summed E-state index contributed by atoms with van der Waals surface area (Å²) in [6.07, 6.45) is -0.0901. The molecule has 23 heavy (non-hydrogen) atoms. The quantitative estimate of drug-likeness (QED) is 0.347. The predicted octanol–water partition coefficient (Wildman–Crippen LogP) is 0.932. The van der Waals surface area contributed by atoms with Crippen LogP contribution in [0.25, 0.3) is 10.4 Å². The van der Waals surface area contributed by atoms with Crippen molar-refractivity contribution in [3.05, 3.63) is 32.6 Å². The number of aryl methyl sites for hydroxylation is 1. The van der Waals surface area contributed by atoms with Crippen LogP contribution in [0.1, 0.15) is 18.2 Å². The Morgan fingerprint density at radius 3 is 3.04 bits per heavy atom. The van der Waals surface area contributed by atoms with E-state index in [0.29, 0.717) is 5.56 Å². The summed E-state index contributed by atoms with van der Waals surface area (Å²) in [5.74, 6) is -0.0511. The van der Waals surface area contributed by atoms with Gasteiger partial charge in [0, 0.05) is 30.2 Å². The number of anilines is 1. The molecule has 126 valence electrons. The Hall–Kier alpha value is -1.90. The summed E-state index contributed by atoms with van der Waals surface area (Å²) in [5, 5.41) is 3.60. The Morgan fingerprint density at radius 2 is 2.43 bits per heavy atom. The van der Waals surface area contributed by atoms with E-state index in [4.69, 9.17) is 16.0 Å². The van der Waals surface area contributed by atoms with E-state index in [1.165, 1.54) is 10.8 Å². The number of azide groups is 1. The highest BCUT2D eigenvalue weighted by Gasteiger charge is 2.40. The first-order chi connectivity index (χ1) is 10.8. The molecule has 1 aromatic heterocycles. The molecule has 0 aromatic carbocycles. The predicted molar refractivity (Wildman–Crippen MR) is 80.8 cm³/mol. The van der Waals surface area contributed by atoms with E-state index < -0.39 is 31.5 Å². The van der Waals surface area contributed by atoms with Crippen molar-refractivity contribution in [3.8, 4) is 0 Å². The average molecular weight is 344 g/mol. The third-order valence-electron chi connectivity index (χ3n) is 3.56. The van der Waals surface area contributed by atoms with Gasteiger partial charge >= 0.3 is 7.60 Å². The summed E-state index contributed by atoms with van der Waals surface area (Å²) >= 11 is 0. The van der Waals surface area contributed by atoms with Gasteiger partial charge in [-0.15, -0.1) is 0 Å². The number of aromatic nitrogens is 2. The van der Waals surface area contributed by atoms with Crippen LogP contribution in [0, 0.1) is 6.92 Å². The minimum Gasteiger partial charge on any atom is -0.369 e. The van der Waals surface area contributed by atoms with Crippen LogP contribution in [0.15, 0.2) is 16.1 Å². The standard InChI is InChI=1S/C11H17N6O5P/c1-6-4-17(11(12)14-10(6)18)9-3-7(15-16-13)8(22-9)5-23(19,20)21-2/h4,7-9H,3,5H2,1-2H3,(H,19,20)(H2,12,14,18)/t7-,8+,9+/m0/s1. The summed E-state index contributed by atoms with van der Waals surface area (Å²) in [6.45, 7) is 1.58. The maximum atomic E-state index is 11.7. The van der Waals surface area contributed by atoms with Gasteiger partial charge in [-0.05, 0) is 12.5 Å². The van der Waals surface area contributed by atoms with Gasteiger partial charge in [0.25, 0.3) is 5.56 Å². The Bertz CT molecular complexity index is 745. The molecule has 4 atom stereocenters. The molecule has 1 unspecified atom stereocenters. The number of nitrogens with zero attached hydrogens (tertiary/aromatic N) is 5. The lowest BCUT2D eigenvalue weighted by Crippen LogP contribution is -2.24. The molecule has 1 aliphatic heterocycles. The van der Waals surface area contributed by atoms with E-state index in [1.807, 2.05) is 0 Å². The summed E-state index contributed by atoms with van der Waals surface area (Å²) in [4.78, 5) is 27.5. The molecule has 1 saturated heterocycles. The smallest absolute Gasteiger partial charge is 0.330 e. The zero-order valence-electron chi connectivity index (χ0n) is 12.6. The van der Waals surface area contributed by atoms with Crippen LogP contribution < -0.4 is 11.3 Å². The van der Waals surface area contributed by atoms with Crippen LogP contribution in [0.3, 0.4) is 0 Å². The Balaban J connectivity index is 2.30. The highest BCUT2D eigenvalue weighted by molar-refractivity contribution is 7.52. The van der Waals surface area contributed by atoms with Gasteiger partial charge < -0.3 is 19.9 Å². The second-order valence-electron chi connectivity index (χ2n) is 5.13. The van der Waals surface area contributed by atoms with Crippen molar-refractivity contribution in [2.45, 2.75) is 31.7 Å². The molecule has 12 heteroatoms. The summed E-state index contributed by atoms with van der Waals surface area (Å²) in [5.41, 5.74) is 14.3. The van der Waals surface area contributed by atoms with Crippen LogP contribution in [-0.2, 0) is 13.8 Å². The highest BCUT2D eigenvalue weighted by atomic mass is 31.2. The van der Waals surface area contributed by atoms with Gasteiger partial charge in [-0.2, -0.15) is 4.98 Å². The topological polar surface area (TPSA) is 165 Å². The maximum absolute atomic E-state index is 11.7. The number of ether oxygens (including phenoxy) is 1. The molecular weight excluding hydrogens is 327 g/mol. The molecule has 0 amide bonds. The SMILES string of the molecule is COP(=O)(O)C[C@H]1O[C@@H](n2cc(C)c(=O)nc2N)C[C@@H]1N=[N+]=[N-]. The molecule has 0 aliphatic carbocycles. The largest absolute Gasteiger partial charge is 0.369 e. The second-order valence-corrected chi connectivity index (χ2v) is 7.14. The monoisotopic (exact) mass is 344 g/mol. The van der Waals surface area contributed by atoms with Crippen LogP contribution in [0.2, 0.25) is 0 Å². The molecule has 1 fully saturated rings. The zero-order chi connectivity index (χ0) is 17.2. The first kappa shape index (κ1) is 17.5. The van der Waals surface area contributed by atoms with Crippen LogP contribution in [-0.4, -0.2) is 39.9 Å². The fourth-order valence-electron chi connectivity index (χ4n) is 2.35. The Morgan fingerprint density at radius 1 is 1.74 bits per heavy atom. The molecule has 0 spiro atoms. The molecule has 0 radical (unpaired) electrons. The van der Waals surface area contributed by atoms with E-state index in [0.717, 1.165) is 7.11 Å². The number of rotatable bonds is 5. The van der Waals surface area contributed by atoms with Crippen molar-refractivity contribution >= 4 is 13.5 Å². The lowest BCUT2D eigenvalue weighted by Gasteiger charge is -2.19. The fourth-order valence-corrected chi connectivity index (χ4v) is 3.28. The second kappa shape index (κ2) is 6.69. The van der Waals surface area contributed by atoms with Gasteiger partial charge in [0.2, 0.25) is 5.95 Å². The number of hydrogen-bond acceptors (Lipinski definition) is 7. The van der Waals surface area contributed by atoms with E-state index in [2.05, 4.69) is 19.5 Å². The van der Waals surface area contributed by atoms with Gasteiger partial charge in [-0.25, -0.2) is 0 Å². The molecular formula is C11H17N6O5P. The van der Waals surface area contributed by atoms with Crippen molar-refractivity contribution < 1.29 is 18.7 Å². The molecule has 1 aromatic rings. The van der Waals surface area contributed by atoms with Crippen molar-refractivity contribution in [1.82, 2.24) is 9.55 Å². The fraction of sp³-hybridized carbons (Fsp3) is 0.636. The summed E-state index contributed by atoms with van der Waals surface area (Å²) < 4.78 is 23.4. The van der Waals surface area contributed by atoms with Crippen LogP contribution >= 0.6 is 7.60 Å². The highest BCUT2D eigenvalue weighted by Crippen LogP contribution is 2.45. The molecule has 11 nitrogen and oxygen atoms in total. The van der Waals surface area contributed by atoms with Gasteiger partial charge in [-0.3, -0.25) is 13.9 Å². The molecule has 0 saturated carbocycles. The molecule has 1 aliphatic rings. The van der Waals surface area contributed by atoms with Gasteiger partial charge in [-0.1, -0.05) is 5.11 Å². The van der Waals surface area contributed by atoms with Crippen molar-refractivity contribution in [2.24, 2.45) is 5.11 Å². The van der Waals surface area contributed by atoms with Crippen molar-refractivity contribution in [1.29, 1.82) is 0 Å². The average Bonchev–Trinajstić information content (AvgIpc) is 2.85. The third kappa shape index (κ3) is 3.90. The first-order valence-electron chi connectivity index (χ1n) is 6.70. The number of hydrogen-bond donors (Lipinski definition) is 2. The van der Waals surface area contributed by atoms with Crippen molar-refractivity contribution in [3.63, 3.8) is 0 Å². The van der Waals surface area contributed by atoms with E-state index >= 15 is 0 Å². The lowest BCUT2D eigenvalue weighted by molar-refractivity contribution is 0.00896. The van der Waals surface area contributed by atoms with E-state index in [-0.39, 0.29) is 18.5 Å². The third-order valence-corrected chi connectivity index (χ3v) is 4.95. The minimum absolute atomic E-state index is 0.0511. The van der Waals surface area contributed by atoms with E-state index in [1.54, 1.807) is 6.92 Å². The summed E-state index contributed by atoms with van der Waals surface area (Å²) in [7, 11) is -2.73. The Kier molecular flexibility index (Phi) is 5.08. The molecule has 2 rings (SSSR count). The van der Waals surface area contributed by atoms with Crippen molar-refractivity contribution in [2.75, 3.05) is 19.0 Å². The van der Waals surface area contributed by atoms with E-state index in [9.17, 15) is 14.3 Å².